The van der Waals surface area contributed by atoms with Gasteiger partial charge in [-0.25, -0.2) is 17.2 Å². The highest BCUT2D eigenvalue weighted by Gasteiger charge is 2.48. The molecule has 2 atom stereocenters. The number of hydrogen-bond donors (Lipinski definition) is 3. The van der Waals surface area contributed by atoms with Crippen LogP contribution in [-0.2, 0) is 14.8 Å². The Morgan fingerprint density at radius 1 is 1.15 bits per heavy atom. The number of fused-ring (bicyclic) bond motifs is 2. The minimum atomic E-state index is -4.19. The molecule has 4 rings (SSSR count). The predicted octanol–water partition coefficient (Wildman–Crippen LogP) is -0.218. The van der Waals surface area contributed by atoms with Gasteiger partial charge in [-0.2, -0.15) is 9.84 Å². The molecule has 0 radical (unpaired) electrons. The lowest BCUT2D eigenvalue weighted by atomic mass is 10.2. The van der Waals surface area contributed by atoms with Crippen molar-refractivity contribution in [1.82, 2.24) is 25.6 Å². The quantitative estimate of drug-likeness (QED) is 0.666. The Labute approximate surface area is 148 Å². The van der Waals surface area contributed by atoms with Crippen LogP contribution < -0.4 is 16.4 Å². The molecule has 2 bridgehead atoms. The van der Waals surface area contributed by atoms with E-state index in [4.69, 9.17) is 0 Å². The fourth-order valence-electron chi connectivity index (χ4n) is 3.74. The van der Waals surface area contributed by atoms with E-state index in [9.17, 15) is 22.0 Å². The standard InChI is InChI=1S/C15H17F2N5O3S/c16-9-1-4-12(17)14(5-9)26(24,25)22-10-2-3-11(22)8-21(7-10)15(23)13-6-18-20-19-13/h1,4-6,10-11,18-20H,2-3,7-8H2. The van der Waals surface area contributed by atoms with Gasteiger partial charge in [0.25, 0.3) is 5.91 Å². The van der Waals surface area contributed by atoms with Crippen molar-refractivity contribution in [1.29, 1.82) is 0 Å². The number of sulfonamides is 1. The molecule has 1 amide bonds. The molecule has 3 aliphatic rings. The van der Waals surface area contributed by atoms with E-state index in [0.717, 1.165) is 12.1 Å². The highest BCUT2D eigenvalue weighted by molar-refractivity contribution is 7.89. The van der Waals surface area contributed by atoms with Crippen LogP contribution in [0.3, 0.4) is 0 Å². The van der Waals surface area contributed by atoms with Gasteiger partial charge in [-0.3, -0.25) is 10.2 Å². The number of hydrogen-bond acceptors (Lipinski definition) is 6. The Balaban J connectivity index is 1.60. The van der Waals surface area contributed by atoms with Crippen LogP contribution in [0.2, 0.25) is 0 Å². The molecule has 8 nitrogen and oxygen atoms in total. The van der Waals surface area contributed by atoms with Crippen LogP contribution in [-0.4, -0.2) is 48.7 Å². The molecule has 140 valence electrons. The molecule has 0 aromatic heterocycles. The van der Waals surface area contributed by atoms with E-state index in [-0.39, 0.29) is 19.0 Å². The number of amides is 1. The number of nitrogens with zero attached hydrogens (tertiary/aromatic N) is 2. The smallest absolute Gasteiger partial charge is 0.273 e. The number of piperazine rings is 1. The molecule has 0 spiro atoms. The fourth-order valence-corrected chi connectivity index (χ4v) is 5.68. The lowest BCUT2D eigenvalue weighted by Gasteiger charge is -2.40. The Morgan fingerprint density at radius 3 is 2.46 bits per heavy atom. The molecule has 0 saturated carbocycles. The maximum atomic E-state index is 14.0. The molecule has 11 heteroatoms. The molecular formula is C15H17F2N5O3S. The van der Waals surface area contributed by atoms with Crippen LogP contribution in [0, 0.1) is 11.6 Å². The Morgan fingerprint density at radius 2 is 1.85 bits per heavy atom. The predicted molar refractivity (Wildman–Crippen MR) is 86.3 cm³/mol. The summed E-state index contributed by atoms with van der Waals surface area (Å²) in [5.74, 6) is -2.06. The zero-order chi connectivity index (χ0) is 18.5. The van der Waals surface area contributed by atoms with Crippen molar-refractivity contribution in [2.24, 2.45) is 0 Å². The topological polar surface area (TPSA) is 93.8 Å². The van der Waals surface area contributed by atoms with Crippen LogP contribution in [0.15, 0.2) is 35.0 Å². The Bertz CT molecular complexity index is 877. The maximum Gasteiger partial charge on any atom is 0.273 e. The van der Waals surface area contributed by atoms with Crippen molar-refractivity contribution in [2.75, 3.05) is 13.1 Å². The third-order valence-electron chi connectivity index (χ3n) is 4.87. The number of nitrogens with one attached hydrogen (secondary N) is 3. The summed E-state index contributed by atoms with van der Waals surface area (Å²) < 4.78 is 54.6. The number of rotatable bonds is 3. The van der Waals surface area contributed by atoms with Gasteiger partial charge in [0.1, 0.15) is 22.2 Å². The highest BCUT2D eigenvalue weighted by atomic mass is 32.2. The van der Waals surface area contributed by atoms with E-state index < -0.39 is 38.6 Å². The van der Waals surface area contributed by atoms with Gasteiger partial charge in [0, 0.05) is 31.4 Å². The minimum absolute atomic E-state index is 0.199. The zero-order valence-electron chi connectivity index (χ0n) is 13.6. The van der Waals surface area contributed by atoms with Crippen LogP contribution >= 0.6 is 0 Å². The molecule has 0 aliphatic carbocycles. The number of hydrazine groups is 2. The van der Waals surface area contributed by atoms with Gasteiger partial charge >= 0.3 is 0 Å². The van der Waals surface area contributed by atoms with Crippen molar-refractivity contribution in [3.05, 3.63) is 41.7 Å². The lowest BCUT2D eigenvalue weighted by molar-refractivity contribution is -0.129. The largest absolute Gasteiger partial charge is 0.334 e. The van der Waals surface area contributed by atoms with Crippen LogP contribution in [0.1, 0.15) is 12.8 Å². The van der Waals surface area contributed by atoms with Crippen LogP contribution in [0.5, 0.6) is 0 Å². The van der Waals surface area contributed by atoms with Gasteiger partial charge < -0.3 is 10.3 Å². The number of carbonyl (C=O) groups excluding carboxylic acids is 1. The van der Waals surface area contributed by atoms with Crippen LogP contribution in [0.4, 0.5) is 8.78 Å². The SMILES string of the molecule is O=C(C1=CNNN1)N1CC2CCC(C1)N2S(=O)(=O)c1cc(F)ccc1F. The first-order valence-electron chi connectivity index (χ1n) is 8.12. The molecule has 1 aromatic rings. The second-order valence-corrected chi connectivity index (χ2v) is 8.27. The lowest BCUT2D eigenvalue weighted by Crippen LogP contribution is -2.57. The van der Waals surface area contributed by atoms with E-state index in [1.807, 2.05) is 0 Å². The van der Waals surface area contributed by atoms with Gasteiger partial charge in [0.15, 0.2) is 0 Å². The van der Waals surface area contributed by atoms with Crippen molar-refractivity contribution in [3.8, 4) is 0 Å². The molecule has 2 fully saturated rings. The van der Waals surface area contributed by atoms with Gasteiger partial charge in [-0.1, -0.05) is 0 Å². The third kappa shape index (κ3) is 2.72. The van der Waals surface area contributed by atoms with E-state index in [0.29, 0.717) is 24.6 Å². The monoisotopic (exact) mass is 385 g/mol. The van der Waals surface area contributed by atoms with E-state index in [1.54, 1.807) is 4.90 Å². The maximum absolute atomic E-state index is 14.0. The second kappa shape index (κ2) is 6.18. The van der Waals surface area contributed by atoms with E-state index in [2.05, 4.69) is 16.4 Å². The van der Waals surface area contributed by atoms with Gasteiger partial charge in [0.2, 0.25) is 10.0 Å². The summed E-state index contributed by atoms with van der Waals surface area (Å²) in [7, 11) is -4.19. The first-order chi connectivity index (χ1) is 12.4. The first-order valence-corrected chi connectivity index (χ1v) is 9.56. The van der Waals surface area contributed by atoms with Crippen molar-refractivity contribution >= 4 is 15.9 Å². The number of halogens is 2. The molecule has 1 aromatic carbocycles. The zero-order valence-corrected chi connectivity index (χ0v) is 14.4. The summed E-state index contributed by atoms with van der Waals surface area (Å²) in [6, 6.07) is 1.46. The fraction of sp³-hybridized carbons (Fsp3) is 0.400. The number of benzene rings is 1. The minimum Gasteiger partial charge on any atom is -0.334 e. The molecule has 2 saturated heterocycles. The Hall–Kier alpha value is -2.24. The van der Waals surface area contributed by atoms with Crippen LogP contribution in [0.25, 0.3) is 0 Å². The molecular weight excluding hydrogens is 368 g/mol. The van der Waals surface area contributed by atoms with Crippen molar-refractivity contribution in [2.45, 2.75) is 29.8 Å². The second-order valence-electron chi connectivity index (χ2n) is 6.46. The first kappa shape index (κ1) is 17.2. The highest BCUT2D eigenvalue weighted by Crippen LogP contribution is 2.36. The molecule has 2 unspecified atom stereocenters. The van der Waals surface area contributed by atoms with Crippen molar-refractivity contribution < 1.29 is 22.0 Å². The van der Waals surface area contributed by atoms with Gasteiger partial charge in [-0.05, 0) is 31.0 Å². The Kier molecular flexibility index (Phi) is 4.09. The third-order valence-corrected chi connectivity index (χ3v) is 6.89. The molecule has 3 N–H and O–H groups in total. The normalized spacial score (nSPS) is 25.6. The molecule has 3 heterocycles. The van der Waals surface area contributed by atoms with E-state index >= 15 is 0 Å². The average molecular weight is 385 g/mol. The summed E-state index contributed by atoms with van der Waals surface area (Å²) >= 11 is 0. The number of likely N-dealkylation sites (tertiary alicyclic amines) is 1. The summed E-state index contributed by atoms with van der Waals surface area (Å²) in [5, 5.41) is 0. The van der Waals surface area contributed by atoms with Gasteiger partial charge in [0.05, 0.1) is 0 Å². The van der Waals surface area contributed by atoms with E-state index in [1.165, 1.54) is 10.5 Å². The molecule has 3 aliphatic heterocycles. The molecule has 26 heavy (non-hydrogen) atoms. The van der Waals surface area contributed by atoms with Gasteiger partial charge in [-0.15, -0.1) is 0 Å². The van der Waals surface area contributed by atoms with Crippen molar-refractivity contribution in [3.63, 3.8) is 0 Å². The summed E-state index contributed by atoms with van der Waals surface area (Å²) in [4.78, 5) is 13.4. The number of carbonyl (C=O) groups is 1. The summed E-state index contributed by atoms with van der Waals surface area (Å²) in [6.45, 7) is 0.398. The average Bonchev–Trinajstić information content (AvgIpc) is 3.23. The summed E-state index contributed by atoms with van der Waals surface area (Å²) in [6.07, 6.45) is 2.61. The summed E-state index contributed by atoms with van der Waals surface area (Å²) in [5.41, 5.74) is 8.22.